The predicted octanol–water partition coefficient (Wildman–Crippen LogP) is 8.17. The number of non-ortho nitro benzene ring substituents is 1. The molecule has 0 saturated heterocycles. The zero-order valence-corrected chi connectivity index (χ0v) is 22.6. The predicted molar refractivity (Wildman–Crippen MR) is 156 cm³/mol. The van der Waals surface area contributed by atoms with Crippen molar-refractivity contribution >= 4 is 34.9 Å². The molecule has 0 heterocycles. The van der Waals surface area contributed by atoms with Crippen LogP contribution in [0.3, 0.4) is 0 Å². The summed E-state index contributed by atoms with van der Waals surface area (Å²) >= 11 is 0. The highest BCUT2D eigenvalue weighted by molar-refractivity contribution is 5.94. The maximum atomic E-state index is 12.9. The van der Waals surface area contributed by atoms with Crippen LogP contribution in [0.2, 0.25) is 0 Å². The molecule has 0 amide bonds. The first kappa shape index (κ1) is 28.6. The van der Waals surface area contributed by atoms with Crippen LogP contribution in [0.15, 0.2) is 100 Å². The Morgan fingerprint density at radius 3 is 2.24 bits per heavy atom. The lowest BCUT2D eigenvalue weighted by atomic mass is 10.1. The molecule has 1 N–H and O–H groups in total. The van der Waals surface area contributed by atoms with Gasteiger partial charge in [0.15, 0.2) is 0 Å². The van der Waals surface area contributed by atoms with Gasteiger partial charge in [-0.2, -0.15) is 10.2 Å². The molecule has 10 nitrogen and oxygen atoms in total. The van der Waals surface area contributed by atoms with Crippen LogP contribution in [0.1, 0.15) is 41.3 Å². The van der Waals surface area contributed by atoms with Gasteiger partial charge in [-0.25, -0.2) is 4.79 Å². The van der Waals surface area contributed by atoms with Crippen molar-refractivity contribution in [2.75, 3.05) is 6.61 Å². The highest BCUT2D eigenvalue weighted by Gasteiger charge is 2.14. The third-order valence-corrected chi connectivity index (χ3v) is 6.03. The van der Waals surface area contributed by atoms with E-state index in [1.165, 1.54) is 30.5 Å². The van der Waals surface area contributed by atoms with Crippen molar-refractivity contribution in [2.45, 2.75) is 26.7 Å². The van der Waals surface area contributed by atoms with Gasteiger partial charge < -0.3 is 14.6 Å². The van der Waals surface area contributed by atoms with E-state index >= 15 is 0 Å². The zero-order valence-electron chi connectivity index (χ0n) is 22.6. The minimum Gasteiger partial charge on any atom is -0.507 e. The van der Waals surface area contributed by atoms with E-state index in [-0.39, 0.29) is 11.4 Å². The van der Waals surface area contributed by atoms with Crippen LogP contribution in [0.4, 0.5) is 22.7 Å². The maximum absolute atomic E-state index is 12.9. The van der Waals surface area contributed by atoms with E-state index < -0.39 is 10.9 Å². The molecule has 0 unspecified atom stereocenters. The Morgan fingerprint density at radius 2 is 1.61 bits per heavy atom. The second-order valence-corrected chi connectivity index (χ2v) is 8.99. The van der Waals surface area contributed by atoms with Gasteiger partial charge in [0.05, 0.1) is 34.2 Å². The number of carbonyl (C=O) groups is 1. The number of unbranched alkanes of at least 4 members (excludes halogenated alkanes) is 1. The fourth-order valence-electron chi connectivity index (χ4n) is 3.68. The van der Waals surface area contributed by atoms with E-state index in [2.05, 4.69) is 22.1 Å². The summed E-state index contributed by atoms with van der Waals surface area (Å²) in [7, 11) is 0. The molecule has 0 aliphatic rings. The van der Waals surface area contributed by atoms with Crippen molar-refractivity contribution < 1.29 is 24.3 Å². The van der Waals surface area contributed by atoms with Gasteiger partial charge in [-0.1, -0.05) is 19.4 Å². The number of benzene rings is 4. The third kappa shape index (κ3) is 7.82. The van der Waals surface area contributed by atoms with Gasteiger partial charge in [-0.15, -0.1) is 0 Å². The Hall–Kier alpha value is -5.38. The molecule has 208 valence electrons. The van der Waals surface area contributed by atoms with Crippen LogP contribution in [0.5, 0.6) is 17.2 Å². The van der Waals surface area contributed by atoms with Crippen molar-refractivity contribution in [1.29, 1.82) is 0 Å². The van der Waals surface area contributed by atoms with Gasteiger partial charge in [-0.3, -0.25) is 15.1 Å². The molecule has 0 aromatic heterocycles. The lowest BCUT2D eigenvalue weighted by Gasteiger charge is -2.09. The number of ether oxygens (including phenoxy) is 2. The monoisotopic (exact) mass is 552 g/mol. The zero-order chi connectivity index (χ0) is 29.2. The quantitative estimate of drug-likeness (QED) is 0.0379. The van der Waals surface area contributed by atoms with Crippen LogP contribution >= 0.6 is 0 Å². The lowest BCUT2D eigenvalue weighted by molar-refractivity contribution is -0.384. The Labute approximate surface area is 236 Å². The van der Waals surface area contributed by atoms with Crippen molar-refractivity contribution in [3.63, 3.8) is 0 Å². The van der Waals surface area contributed by atoms with Crippen LogP contribution < -0.4 is 9.47 Å². The van der Waals surface area contributed by atoms with Gasteiger partial charge in [0.1, 0.15) is 17.2 Å². The van der Waals surface area contributed by atoms with Crippen molar-refractivity contribution in [3.8, 4) is 17.2 Å². The average Bonchev–Trinajstić information content (AvgIpc) is 2.97. The van der Waals surface area contributed by atoms with Crippen LogP contribution in [0, 0.1) is 17.0 Å². The van der Waals surface area contributed by atoms with E-state index in [1.807, 2.05) is 0 Å². The number of nitro groups is 1. The smallest absolute Gasteiger partial charge is 0.343 e. The van der Waals surface area contributed by atoms with E-state index in [1.54, 1.807) is 67.6 Å². The van der Waals surface area contributed by atoms with Gasteiger partial charge in [-0.05, 0) is 79.6 Å². The number of phenolic OH excluding ortho intramolecular Hbond substituents is 1. The van der Waals surface area contributed by atoms with Crippen molar-refractivity contribution in [3.05, 3.63) is 112 Å². The Bertz CT molecular complexity index is 1580. The highest BCUT2D eigenvalue weighted by atomic mass is 16.6. The summed E-state index contributed by atoms with van der Waals surface area (Å²) in [6.07, 6.45) is 3.49. The molecule has 0 saturated carbocycles. The molecule has 10 heteroatoms. The molecule has 0 radical (unpaired) electrons. The summed E-state index contributed by atoms with van der Waals surface area (Å²) < 4.78 is 11.2. The van der Waals surface area contributed by atoms with Gasteiger partial charge in [0.25, 0.3) is 5.69 Å². The number of hydrogen-bond donors (Lipinski definition) is 1. The molecule has 4 aromatic carbocycles. The second kappa shape index (κ2) is 13.6. The van der Waals surface area contributed by atoms with E-state index in [0.717, 1.165) is 12.8 Å². The third-order valence-electron chi connectivity index (χ3n) is 6.03. The molecule has 0 fully saturated rings. The minimum atomic E-state index is -0.545. The summed E-state index contributed by atoms with van der Waals surface area (Å²) in [6.45, 7) is 4.44. The van der Waals surface area contributed by atoms with Crippen LogP contribution in [-0.2, 0) is 0 Å². The normalized spacial score (nSPS) is 11.2. The molecule has 0 aliphatic carbocycles. The Kier molecular flexibility index (Phi) is 9.50. The van der Waals surface area contributed by atoms with E-state index in [0.29, 0.717) is 51.9 Å². The maximum Gasteiger partial charge on any atom is 0.343 e. The summed E-state index contributed by atoms with van der Waals surface area (Å²) in [5.74, 6) is 0.418. The first-order valence-electron chi connectivity index (χ1n) is 12.9. The van der Waals surface area contributed by atoms with Crippen LogP contribution in [0.25, 0.3) is 0 Å². The first-order chi connectivity index (χ1) is 19.8. The molecule has 41 heavy (non-hydrogen) atoms. The summed E-state index contributed by atoms with van der Waals surface area (Å²) in [6, 6.07) is 22.4. The molecular formula is C31H28N4O6. The second-order valence-electron chi connectivity index (χ2n) is 8.99. The highest BCUT2D eigenvalue weighted by Crippen LogP contribution is 2.27. The molecule has 4 aromatic rings. The molecule has 4 rings (SSSR count). The largest absolute Gasteiger partial charge is 0.507 e. The molecule has 0 bridgehead atoms. The number of nitrogens with zero attached hydrogens (tertiary/aromatic N) is 4. The van der Waals surface area contributed by atoms with Gasteiger partial charge in [0, 0.05) is 30.0 Å². The van der Waals surface area contributed by atoms with Gasteiger partial charge in [0.2, 0.25) is 0 Å². The van der Waals surface area contributed by atoms with Crippen molar-refractivity contribution in [1.82, 2.24) is 0 Å². The average molecular weight is 553 g/mol. The van der Waals surface area contributed by atoms with E-state index in [9.17, 15) is 20.0 Å². The molecule has 0 aliphatic heterocycles. The number of esters is 1. The van der Waals surface area contributed by atoms with Gasteiger partial charge >= 0.3 is 5.97 Å². The number of carbonyl (C=O) groups excluding carboxylic acids is 1. The number of phenols is 1. The molecule has 0 spiro atoms. The molecular weight excluding hydrogens is 524 g/mol. The molecule has 0 atom stereocenters. The Morgan fingerprint density at radius 1 is 0.951 bits per heavy atom. The first-order valence-corrected chi connectivity index (χ1v) is 12.9. The van der Waals surface area contributed by atoms with E-state index in [4.69, 9.17) is 9.47 Å². The number of azo groups is 1. The summed E-state index contributed by atoms with van der Waals surface area (Å²) in [5.41, 5.74) is 3.01. The standard InChI is InChI=1S/C31H28N4O6/c1-3-4-18-40-27-15-8-22(30(36)19-27)20-32-29-7-5-6-28(21(29)2)31(37)41-26-16-11-24(12-17-26)34-33-23-9-13-25(14-10-23)35(38)39/h5-17,19-20,36H,3-4,18H2,1-2H3. The number of nitro benzene ring substituents is 1. The summed E-state index contributed by atoms with van der Waals surface area (Å²) in [5, 5.41) is 29.3. The number of rotatable bonds is 11. The minimum absolute atomic E-state index is 0.0275. The summed E-state index contributed by atoms with van der Waals surface area (Å²) in [4.78, 5) is 27.7. The van der Waals surface area contributed by atoms with Crippen LogP contribution in [-0.4, -0.2) is 28.8 Å². The fourth-order valence-corrected chi connectivity index (χ4v) is 3.68. The Balaban J connectivity index is 1.40. The SMILES string of the molecule is CCCCOc1ccc(C=Nc2cccc(C(=O)Oc3ccc(N=Nc4ccc([N+](=O)[O-])cc4)cc3)c2C)c(O)c1. The number of aliphatic imine (C=N–C) groups is 1. The number of aromatic hydroxyl groups is 1. The topological polar surface area (TPSA) is 136 Å². The fraction of sp³-hybridized carbons (Fsp3) is 0.161. The number of hydrogen-bond acceptors (Lipinski definition) is 9. The lowest BCUT2D eigenvalue weighted by Crippen LogP contribution is -2.10. The van der Waals surface area contributed by atoms with Crippen molar-refractivity contribution in [2.24, 2.45) is 15.2 Å².